The maximum Gasteiger partial charge on any atom is 0.224 e. The summed E-state index contributed by atoms with van der Waals surface area (Å²) < 4.78 is 22.5. The van der Waals surface area contributed by atoms with Gasteiger partial charge in [0.25, 0.3) is 0 Å². The third-order valence-electron chi connectivity index (χ3n) is 15.1. The molecule has 0 aromatic heterocycles. The van der Waals surface area contributed by atoms with E-state index in [0.717, 1.165) is 12.8 Å². The Morgan fingerprint density at radius 1 is 0.761 bits per heavy atom. The Morgan fingerprint density at radius 3 is 1.99 bits per heavy atom. The van der Waals surface area contributed by atoms with Gasteiger partial charge in [-0.1, -0.05) is 11.6 Å². The largest absolute Gasteiger partial charge is 0.504 e. The van der Waals surface area contributed by atoms with Crippen LogP contribution in [0.25, 0.3) is 49.2 Å². The number of amides is 2. The van der Waals surface area contributed by atoms with Crippen molar-refractivity contribution >= 4 is 88.4 Å². The summed E-state index contributed by atoms with van der Waals surface area (Å²) in [4.78, 5) is 74.0. The standard InChI is InChI=1S/C54H66BrN3O13/c1-29-24-35-34(7-6-31-8-14-57(15-9-31)39(65)13-21-71-23-22-68-3)52(66)49-46-42(35)47-45-41(33(27-60)25-37(63)44(45)53(67)54(69-4)48(47)40(29)30(2)62)43(46)36(28-61)50(55)51(49)56-26-32-10-16-58(17-11-32)38(64)12-20-70-19-5-18-59/h24-25,31-32,40,56,59-61,67H,5-23,26-28H2,1-4H3. The lowest BCUT2D eigenvalue weighted by Gasteiger charge is -2.33. The van der Waals surface area contributed by atoms with Gasteiger partial charge in [-0.25, -0.2) is 0 Å². The lowest BCUT2D eigenvalue weighted by atomic mass is 9.78. The molecule has 0 bridgehead atoms. The van der Waals surface area contributed by atoms with Gasteiger partial charge in [0.2, 0.25) is 11.8 Å². The lowest BCUT2D eigenvalue weighted by molar-refractivity contribution is -0.134. The fourth-order valence-electron chi connectivity index (χ4n) is 11.6. The van der Waals surface area contributed by atoms with E-state index in [9.17, 15) is 34.5 Å². The molecule has 382 valence electrons. The van der Waals surface area contributed by atoms with Gasteiger partial charge >= 0.3 is 0 Å². The van der Waals surface area contributed by atoms with Gasteiger partial charge in [0.1, 0.15) is 5.78 Å². The van der Waals surface area contributed by atoms with Crippen LogP contribution in [-0.4, -0.2) is 134 Å². The van der Waals surface area contributed by atoms with Crippen molar-refractivity contribution < 1.29 is 53.8 Å². The molecule has 1 unspecified atom stereocenters. The molecule has 5 aromatic carbocycles. The van der Waals surface area contributed by atoms with Crippen molar-refractivity contribution in [2.75, 3.05) is 91.9 Å². The number of carbonyl (C=O) groups excluding carboxylic acids is 3. The highest BCUT2D eigenvalue weighted by Crippen LogP contribution is 2.56. The van der Waals surface area contributed by atoms with Crippen molar-refractivity contribution in [3.63, 3.8) is 0 Å². The molecule has 0 spiro atoms. The molecule has 2 fully saturated rings. The molecule has 2 aliphatic heterocycles. The van der Waals surface area contributed by atoms with Crippen molar-refractivity contribution in [2.45, 2.75) is 90.8 Å². The van der Waals surface area contributed by atoms with E-state index >= 15 is 4.79 Å². The number of aliphatic hydroxyl groups excluding tert-OH is 3. The monoisotopic (exact) mass is 1040 g/mol. The summed E-state index contributed by atoms with van der Waals surface area (Å²) in [5.41, 5.74) is 2.38. The normalized spacial score (nSPS) is 16.8. The first-order valence-corrected chi connectivity index (χ1v) is 25.7. The van der Waals surface area contributed by atoms with Crippen molar-refractivity contribution in [3.05, 3.63) is 64.4 Å². The van der Waals surface area contributed by atoms with E-state index in [-0.39, 0.29) is 77.6 Å². The number of phenolic OH excluding ortho intramolecular Hbond substituents is 1. The van der Waals surface area contributed by atoms with Gasteiger partial charge in [-0.2, -0.15) is 0 Å². The highest BCUT2D eigenvalue weighted by atomic mass is 79.9. The predicted molar refractivity (Wildman–Crippen MR) is 276 cm³/mol. The smallest absolute Gasteiger partial charge is 0.224 e. The number of likely N-dealkylation sites (tertiary alicyclic amines) is 2. The quantitative estimate of drug-likeness (QED) is 0.0300. The van der Waals surface area contributed by atoms with Gasteiger partial charge in [-0.05, 0) is 125 Å². The molecule has 5 N–H and O–H groups in total. The molecule has 71 heavy (non-hydrogen) atoms. The summed E-state index contributed by atoms with van der Waals surface area (Å²) in [6.45, 7) is 6.84. The summed E-state index contributed by atoms with van der Waals surface area (Å²) in [6, 6.07) is 1.27. The average molecular weight is 1050 g/mol. The van der Waals surface area contributed by atoms with E-state index in [4.69, 9.17) is 24.1 Å². The van der Waals surface area contributed by atoms with Crippen molar-refractivity contribution in [1.29, 1.82) is 0 Å². The third-order valence-corrected chi connectivity index (χ3v) is 16.0. The van der Waals surface area contributed by atoms with Crippen molar-refractivity contribution in [3.8, 4) is 11.5 Å². The summed E-state index contributed by atoms with van der Waals surface area (Å²) >= 11 is 3.85. The zero-order chi connectivity index (χ0) is 50.7. The average Bonchev–Trinajstić information content (AvgIpc) is 3.49. The van der Waals surface area contributed by atoms with E-state index < -0.39 is 30.3 Å². The molecule has 1 aliphatic carbocycles. The zero-order valence-corrected chi connectivity index (χ0v) is 42.8. The molecule has 2 saturated heterocycles. The fraction of sp³-hybridized carbons (Fsp3) is 0.537. The zero-order valence-electron chi connectivity index (χ0n) is 41.2. The van der Waals surface area contributed by atoms with Crippen LogP contribution in [-0.2, 0) is 48.2 Å². The number of methoxy groups -OCH3 is 2. The van der Waals surface area contributed by atoms with Crippen LogP contribution in [0.2, 0.25) is 0 Å². The van der Waals surface area contributed by atoms with Crippen LogP contribution < -0.4 is 20.9 Å². The number of ether oxygens (including phenoxy) is 4. The molecule has 5 aromatic rings. The Morgan fingerprint density at radius 2 is 1.39 bits per heavy atom. The van der Waals surface area contributed by atoms with E-state index in [2.05, 4.69) is 21.2 Å². The lowest BCUT2D eigenvalue weighted by Crippen LogP contribution is -2.40. The third kappa shape index (κ3) is 9.95. The second kappa shape index (κ2) is 22.8. The molecular weight excluding hydrogens is 979 g/mol. The minimum atomic E-state index is -0.947. The number of fused-ring (bicyclic) bond motifs is 1. The molecule has 16 nitrogen and oxygen atoms in total. The van der Waals surface area contributed by atoms with Crippen LogP contribution >= 0.6 is 15.9 Å². The number of ketones is 1. The summed E-state index contributed by atoms with van der Waals surface area (Å²) in [5.74, 6) is -1.30. The fourth-order valence-corrected chi connectivity index (χ4v) is 12.2. The van der Waals surface area contributed by atoms with Gasteiger partial charge in [0.05, 0.1) is 82.0 Å². The number of benzene rings is 5. The van der Waals surface area contributed by atoms with E-state index in [1.54, 1.807) is 7.11 Å². The Kier molecular flexibility index (Phi) is 16.8. The number of aliphatic hydroxyl groups is 3. The van der Waals surface area contributed by atoms with Gasteiger partial charge in [0, 0.05) is 85.0 Å². The number of halogens is 1. The molecule has 8 rings (SSSR count). The number of carbonyl (C=O) groups is 3. The van der Waals surface area contributed by atoms with E-state index in [1.165, 1.54) is 20.1 Å². The maximum atomic E-state index is 15.9. The molecule has 0 radical (unpaired) electrons. The first-order chi connectivity index (χ1) is 34.3. The number of rotatable bonds is 22. The Balaban J connectivity index is 1.27. The van der Waals surface area contributed by atoms with Gasteiger partial charge < -0.3 is 54.5 Å². The number of hydrogen-bond acceptors (Lipinski definition) is 14. The number of nitrogens with one attached hydrogen (secondary N) is 1. The van der Waals surface area contributed by atoms with E-state index in [0.29, 0.717) is 167 Å². The number of nitrogens with zero attached hydrogens (tertiary/aromatic N) is 2. The van der Waals surface area contributed by atoms with Gasteiger partial charge in [0.15, 0.2) is 22.4 Å². The SMILES string of the molecule is COCCOCCC(=O)N1CCC(CCc2c3c4c5c(c(OC)c(O)c6c(=O)cc(CO)c(c7c(CO)c(Br)c(NCC8CCN(C(=O)CCOCCCO)CC8)c(c2=O)c47)c65)C(C(C)=O)C(C)=C3)CC1. The van der Waals surface area contributed by atoms with Crippen LogP contribution in [0.15, 0.2) is 25.7 Å². The second-order valence-electron chi connectivity index (χ2n) is 19.3. The molecule has 0 saturated carbocycles. The van der Waals surface area contributed by atoms with Crippen LogP contribution in [0.3, 0.4) is 0 Å². The highest BCUT2D eigenvalue weighted by Gasteiger charge is 2.38. The minimum absolute atomic E-state index is 0.0109. The number of phenols is 1. The first kappa shape index (κ1) is 52.3. The van der Waals surface area contributed by atoms with E-state index in [1.807, 2.05) is 22.8 Å². The van der Waals surface area contributed by atoms with Crippen LogP contribution in [0.5, 0.6) is 11.5 Å². The number of aromatic hydroxyl groups is 1. The van der Waals surface area contributed by atoms with Crippen LogP contribution in [0, 0.1) is 11.8 Å². The molecular formula is C54H66BrN3O13. The molecule has 3 aliphatic rings. The second-order valence-corrected chi connectivity index (χ2v) is 20.1. The maximum absolute atomic E-state index is 15.9. The topological polar surface area (TPSA) is 222 Å². The number of piperidine rings is 2. The van der Waals surface area contributed by atoms with Crippen LogP contribution in [0.4, 0.5) is 5.69 Å². The molecule has 2 heterocycles. The Bertz CT molecular complexity index is 2960. The molecule has 1 atom stereocenters. The van der Waals surface area contributed by atoms with Crippen molar-refractivity contribution in [2.24, 2.45) is 11.8 Å². The molecule has 2 amide bonds. The Labute approximate surface area is 420 Å². The van der Waals surface area contributed by atoms with Crippen molar-refractivity contribution in [1.82, 2.24) is 9.80 Å². The number of anilines is 1. The highest BCUT2D eigenvalue weighted by molar-refractivity contribution is 9.10. The number of hydrogen-bond donors (Lipinski definition) is 5. The summed E-state index contributed by atoms with van der Waals surface area (Å²) in [5, 5.41) is 50.2. The van der Waals surface area contributed by atoms with Gasteiger partial charge in [-0.3, -0.25) is 24.0 Å². The minimum Gasteiger partial charge on any atom is -0.504 e. The number of allylic oxidation sites excluding steroid dienone is 1. The molecule has 17 heteroatoms. The predicted octanol–water partition coefficient (Wildman–Crippen LogP) is 6.11. The summed E-state index contributed by atoms with van der Waals surface area (Å²) in [7, 11) is 2.98. The Hall–Kier alpha value is -5.01. The number of Topliss-reactive ketones (excluding diaryl/α,β-unsaturated/α-hetero) is 1. The first-order valence-electron chi connectivity index (χ1n) is 24.9. The van der Waals surface area contributed by atoms with Crippen LogP contribution in [0.1, 0.15) is 98.9 Å². The summed E-state index contributed by atoms with van der Waals surface area (Å²) in [6.07, 6.45) is 6.84. The van der Waals surface area contributed by atoms with Gasteiger partial charge in [-0.15, -0.1) is 0 Å².